The average molecular weight is 191 g/mol. The van der Waals surface area contributed by atoms with Gasteiger partial charge >= 0.3 is 0 Å². The Bertz CT molecular complexity index is 286. The smallest absolute Gasteiger partial charge is 0.0870 e. The van der Waals surface area contributed by atoms with Crippen LogP contribution in [-0.4, -0.2) is 17.2 Å². The molecule has 2 nitrogen and oxygen atoms in total. The molecule has 1 aromatic heterocycles. The summed E-state index contributed by atoms with van der Waals surface area (Å²) in [6.45, 7) is 4.44. The van der Waals surface area contributed by atoms with Crippen LogP contribution in [-0.2, 0) is 11.2 Å². The first-order valence-electron chi connectivity index (χ1n) is 5.35. The van der Waals surface area contributed by atoms with Gasteiger partial charge in [-0.1, -0.05) is 19.9 Å². The van der Waals surface area contributed by atoms with Gasteiger partial charge in [-0.3, -0.25) is 4.98 Å². The van der Waals surface area contributed by atoms with Crippen molar-refractivity contribution in [3.05, 3.63) is 30.1 Å². The molecule has 1 saturated heterocycles. The van der Waals surface area contributed by atoms with E-state index < -0.39 is 0 Å². The molecular weight excluding hydrogens is 174 g/mol. The second-order valence-corrected chi connectivity index (χ2v) is 4.09. The number of rotatable bonds is 4. The van der Waals surface area contributed by atoms with Crippen molar-refractivity contribution in [1.29, 1.82) is 0 Å². The van der Waals surface area contributed by atoms with Crippen molar-refractivity contribution >= 4 is 0 Å². The van der Waals surface area contributed by atoms with Gasteiger partial charge in [-0.2, -0.15) is 0 Å². The maximum atomic E-state index is 5.58. The summed E-state index contributed by atoms with van der Waals surface area (Å²) in [6.07, 6.45) is 6.98. The number of aromatic nitrogens is 1. The Labute approximate surface area is 85.3 Å². The molecule has 2 heteroatoms. The monoisotopic (exact) mass is 191 g/mol. The normalized spacial score (nSPS) is 27.3. The lowest BCUT2D eigenvalue weighted by Gasteiger charge is -2.07. The molecule has 0 bridgehead atoms. The van der Waals surface area contributed by atoms with Gasteiger partial charge < -0.3 is 4.74 Å². The van der Waals surface area contributed by atoms with Crippen molar-refractivity contribution in [3.8, 4) is 0 Å². The highest BCUT2D eigenvalue weighted by Gasteiger charge is 2.40. The van der Waals surface area contributed by atoms with Gasteiger partial charge in [0.25, 0.3) is 0 Å². The summed E-state index contributed by atoms with van der Waals surface area (Å²) in [5.41, 5.74) is 1.31. The average Bonchev–Trinajstić information content (AvgIpc) is 2.98. The quantitative estimate of drug-likeness (QED) is 0.683. The summed E-state index contributed by atoms with van der Waals surface area (Å²) >= 11 is 0. The molecule has 3 unspecified atom stereocenters. The topological polar surface area (TPSA) is 25.4 Å². The number of ether oxygens (including phenoxy) is 1. The van der Waals surface area contributed by atoms with Gasteiger partial charge in [-0.05, 0) is 30.4 Å². The highest BCUT2D eigenvalue weighted by atomic mass is 16.6. The van der Waals surface area contributed by atoms with E-state index in [0.29, 0.717) is 18.1 Å². The Morgan fingerprint density at radius 2 is 2.43 bits per heavy atom. The van der Waals surface area contributed by atoms with E-state index in [2.05, 4.69) is 24.9 Å². The van der Waals surface area contributed by atoms with Crippen molar-refractivity contribution in [2.75, 3.05) is 0 Å². The van der Waals surface area contributed by atoms with Gasteiger partial charge in [0.1, 0.15) is 0 Å². The predicted octanol–water partition coefficient (Wildman–Crippen LogP) is 2.44. The Morgan fingerprint density at radius 1 is 1.57 bits per heavy atom. The van der Waals surface area contributed by atoms with Gasteiger partial charge in [0, 0.05) is 12.4 Å². The van der Waals surface area contributed by atoms with Crippen molar-refractivity contribution in [1.82, 2.24) is 4.98 Å². The zero-order valence-electron chi connectivity index (χ0n) is 8.81. The predicted molar refractivity (Wildman–Crippen MR) is 56.1 cm³/mol. The second-order valence-electron chi connectivity index (χ2n) is 4.09. The fourth-order valence-corrected chi connectivity index (χ4v) is 1.99. The third-order valence-corrected chi connectivity index (χ3v) is 2.87. The standard InChI is InChI=1S/C12H17NO/c1-3-11-12(14-11)9(2)7-10-5-4-6-13-8-10/h4-6,8-9,11-12H,3,7H2,1-2H3. The van der Waals surface area contributed by atoms with Crippen molar-refractivity contribution in [2.45, 2.75) is 38.9 Å². The van der Waals surface area contributed by atoms with E-state index in [-0.39, 0.29) is 0 Å². The van der Waals surface area contributed by atoms with Gasteiger partial charge in [-0.25, -0.2) is 0 Å². The highest BCUT2D eigenvalue weighted by Crippen LogP contribution is 2.33. The minimum absolute atomic E-state index is 0.486. The van der Waals surface area contributed by atoms with Crippen LogP contribution in [0.1, 0.15) is 25.8 Å². The highest BCUT2D eigenvalue weighted by molar-refractivity contribution is 5.10. The second kappa shape index (κ2) is 4.09. The van der Waals surface area contributed by atoms with Crippen molar-refractivity contribution in [3.63, 3.8) is 0 Å². The third-order valence-electron chi connectivity index (χ3n) is 2.87. The van der Waals surface area contributed by atoms with E-state index >= 15 is 0 Å². The van der Waals surface area contributed by atoms with Crippen LogP contribution in [0, 0.1) is 5.92 Å². The molecule has 14 heavy (non-hydrogen) atoms. The van der Waals surface area contributed by atoms with Crippen LogP contribution in [0.3, 0.4) is 0 Å². The molecule has 0 aromatic carbocycles. The SMILES string of the molecule is CCC1OC1C(C)Cc1cccnc1. The molecular formula is C12H17NO. The van der Waals surface area contributed by atoms with Gasteiger partial charge in [0.05, 0.1) is 12.2 Å². The minimum atomic E-state index is 0.486. The molecule has 0 aliphatic carbocycles. The fraction of sp³-hybridized carbons (Fsp3) is 0.583. The van der Waals surface area contributed by atoms with E-state index in [4.69, 9.17) is 4.74 Å². The molecule has 0 spiro atoms. The van der Waals surface area contributed by atoms with E-state index in [1.807, 2.05) is 18.5 Å². The Balaban J connectivity index is 1.87. The molecule has 1 aromatic rings. The maximum absolute atomic E-state index is 5.58. The molecule has 76 valence electrons. The van der Waals surface area contributed by atoms with Crippen LogP contribution in [0.25, 0.3) is 0 Å². The summed E-state index contributed by atoms with van der Waals surface area (Å²) in [6, 6.07) is 4.12. The Kier molecular flexibility index (Phi) is 2.82. The van der Waals surface area contributed by atoms with Crippen LogP contribution in [0.4, 0.5) is 0 Å². The first kappa shape index (κ1) is 9.66. The van der Waals surface area contributed by atoms with E-state index in [1.54, 1.807) is 0 Å². The van der Waals surface area contributed by atoms with Crippen LogP contribution in [0.15, 0.2) is 24.5 Å². The van der Waals surface area contributed by atoms with Crippen LogP contribution >= 0.6 is 0 Å². The summed E-state index contributed by atoms with van der Waals surface area (Å²) in [5, 5.41) is 0. The van der Waals surface area contributed by atoms with Gasteiger partial charge in [-0.15, -0.1) is 0 Å². The zero-order valence-corrected chi connectivity index (χ0v) is 8.81. The molecule has 1 fully saturated rings. The third kappa shape index (κ3) is 2.13. The summed E-state index contributed by atoms with van der Waals surface area (Å²) in [4.78, 5) is 4.12. The first-order chi connectivity index (χ1) is 6.81. The van der Waals surface area contributed by atoms with Crippen LogP contribution < -0.4 is 0 Å². The Hall–Kier alpha value is -0.890. The number of nitrogens with zero attached hydrogens (tertiary/aromatic N) is 1. The minimum Gasteiger partial charge on any atom is -0.369 e. The zero-order chi connectivity index (χ0) is 9.97. The summed E-state index contributed by atoms with van der Waals surface area (Å²) < 4.78 is 5.58. The van der Waals surface area contributed by atoms with Crippen LogP contribution in [0.2, 0.25) is 0 Å². The van der Waals surface area contributed by atoms with E-state index in [9.17, 15) is 0 Å². The molecule has 2 heterocycles. The first-order valence-corrected chi connectivity index (χ1v) is 5.35. The Morgan fingerprint density at radius 3 is 3.00 bits per heavy atom. The summed E-state index contributed by atoms with van der Waals surface area (Å²) in [5.74, 6) is 0.615. The number of hydrogen-bond donors (Lipinski definition) is 0. The molecule has 0 radical (unpaired) electrons. The number of pyridine rings is 1. The van der Waals surface area contributed by atoms with Gasteiger partial charge in [0.2, 0.25) is 0 Å². The lowest BCUT2D eigenvalue weighted by Crippen LogP contribution is -2.09. The fourth-order valence-electron chi connectivity index (χ4n) is 1.99. The lowest BCUT2D eigenvalue weighted by atomic mass is 9.97. The van der Waals surface area contributed by atoms with Crippen molar-refractivity contribution in [2.24, 2.45) is 5.92 Å². The molecule has 2 rings (SSSR count). The lowest BCUT2D eigenvalue weighted by molar-refractivity contribution is 0.322. The van der Waals surface area contributed by atoms with Crippen molar-refractivity contribution < 1.29 is 4.74 Å². The van der Waals surface area contributed by atoms with E-state index in [0.717, 1.165) is 12.8 Å². The van der Waals surface area contributed by atoms with Crippen LogP contribution in [0.5, 0.6) is 0 Å². The molecule has 0 saturated carbocycles. The van der Waals surface area contributed by atoms with E-state index in [1.165, 1.54) is 5.56 Å². The molecule has 0 N–H and O–H groups in total. The molecule has 3 atom stereocenters. The maximum Gasteiger partial charge on any atom is 0.0870 e. The molecule has 0 amide bonds. The molecule has 1 aliphatic heterocycles. The van der Waals surface area contributed by atoms with Gasteiger partial charge in [0.15, 0.2) is 0 Å². The molecule has 1 aliphatic rings. The number of hydrogen-bond acceptors (Lipinski definition) is 2. The largest absolute Gasteiger partial charge is 0.369 e. The summed E-state index contributed by atoms with van der Waals surface area (Å²) in [7, 11) is 0. The number of epoxide rings is 1.